The lowest BCUT2D eigenvalue weighted by molar-refractivity contribution is -0.136. The molecule has 0 spiro atoms. The fourth-order valence-electron chi connectivity index (χ4n) is 3.51. The third-order valence-corrected chi connectivity index (χ3v) is 5.53. The molecule has 0 atom stereocenters. The zero-order chi connectivity index (χ0) is 22.5. The van der Waals surface area contributed by atoms with Gasteiger partial charge in [-0.15, -0.1) is 0 Å². The summed E-state index contributed by atoms with van der Waals surface area (Å²) in [6.45, 7) is 7.33. The molecule has 172 valence electrons. The van der Waals surface area contributed by atoms with Crippen LogP contribution < -0.4 is 10.6 Å². The molecule has 7 nitrogen and oxygen atoms in total. The van der Waals surface area contributed by atoms with Gasteiger partial charge in [0, 0.05) is 57.3 Å². The number of hydrogen-bond acceptors (Lipinski definition) is 4. The summed E-state index contributed by atoms with van der Waals surface area (Å²) in [7, 11) is 0. The van der Waals surface area contributed by atoms with Crippen LogP contribution in [0.1, 0.15) is 57.4 Å². The number of rotatable bonds is 12. The molecule has 1 saturated heterocycles. The van der Waals surface area contributed by atoms with Gasteiger partial charge in [-0.2, -0.15) is 0 Å². The number of ether oxygens (including phenoxy) is 1. The molecule has 1 aliphatic heterocycles. The highest BCUT2D eigenvalue weighted by Gasteiger charge is 2.27. The van der Waals surface area contributed by atoms with Gasteiger partial charge in [0.1, 0.15) is 0 Å². The van der Waals surface area contributed by atoms with Crippen LogP contribution >= 0.6 is 0 Å². The highest BCUT2D eigenvalue weighted by Crippen LogP contribution is 2.18. The maximum atomic E-state index is 12.4. The van der Waals surface area contributed by atoms with Crippen LogP contribution in [0.25, 0.3) is 0 Å². The number of nitrogens with one attached hydrogen (secondary N) is 2. The summed E-state index contributed by atoms with van der Waals surface area (Å²) >= 11 is 0. The van der Waals surface area contributed by atoms with Crippen molar-refractivity contribution in [1.29, 1.82) is 0 Å². The molecule has 2 rings (SSSR count). The van der Waals surface area contributed by atoms with Crippen molar-refractivity contribution in [3.8, 4) is 0 Å². The number of amides is 3. The second-order valence-electron chi connectivity index (χ2n) is 8.18. The molecular weight excluding hydrogens is 394 g/mol. The van der Waals surface area contributed by atoms with Crippen LogP contribution in [-0.2, 0) is 19.1 Å². The van der Waals surface area contributed by atoms with Crippen LogP contribution in [0.2, 0.25) is 0 Å². The van der Waals surface area contributed by atoms with Gasteiger partial charge in [-0.3, -0.25) is 14.4 Å². The first kappa shape index (κ1) is 24.9. The molecule has 0 aromatic heterocycles. The third-order valence-electron chi connectivity index (χ3n) is 5.53. The Morgan fingerprint density at radius 1 is 1.03 bits per heavy atom. The number of benzene rings is 1. The Hall–Kier alpha value is -2.41. The highest BCUT2D eigenvalue weighted by molar-refractivity contribution is 5.93. The molecule has 2 N–H and O–H groups in total. The molecule has 0 aliphatic carbocycles. The maximum Gasteiger partial charge on any atom is 0.224 e. The van der Waals surface area contributed by atoms with Crippen molar-refractivity contribution in [3.05, 3.63) is 29.8 Å². The van der Waals surface area contributed by atoms with Crippen molar-refractivity contribution in [3.63, 3.8) is 0 Å². The van der Waals surface area contributed by atoms with E-state index < -0.39 is 0 Å². The summed E-state index contributed by atoms with van der Waals surface area (Å²) in [5.74, 6) is -0.166. The smallest absolute Gasteiger partial charge is 0.224 e. The van der Waals surface area contributed by atoms with Gasteiger partial charge in [0.2, 0.25) is 17.7 Å². The largest absolute Gasteiger partial charge is 0.381 e. The van der Waals surface area contributed by atoms with Gasteiger partial charge in [0.25, 0.3) is 0 Å². The number of anilines is 1. The fourth-order valence-corrected chi connectivity index (χ4v) is 3.51. The Balaban J connectivity index is 1.58. The van der Waals surface area contributed by atoms with Crippen LogP contribution in [0.3, 0.4) is 0 Å². The quantitative estimate of drug-likeness (QED) is 0.497. The third kappa shape index (κ3) is 9.51. The SMILES string of the molecule is CCCCOCCCNC(=O)C1CCN(C(=O)CCC(=O)Nc2ccc(C)cc2)CC1. The predicted octanol–water partition coefficient (Wildman–Crippen LogP) is 3.28. The van der Waals surface area contributed by atoms with Crippen molar-refractivity contribution in [2.75, 3.05) is 38.2 Å². The number of nitrogens with zero attached hydrogens (tertiary/aromatic N) is 1. The molecule has 0 unspecified atom stereocenters. The summed E-state index contributed by atoms with van der Waals surface area (Å²) in [5.41, 5.74) is 1.86. The van der Waals surface area contributed by atoms with Crippen LogP contribution in [0, 0.1) is 12.8 Å². The molecule has 1 fully saturated rings. The van der Waals surface area contributed by atoms with Crippen molar-refractivity contribution in [2.45, 2.75) is 58.8 Å². The number of carbonyl (C=O) groups is 3. The lowest BCUT2D eigenvalue weighted by Crippen LogP contribution is -2.43. The Kier molecular flexibility index (Phi) is 11.1. The van der Waals surface area contributed by atoms with E-state index in [-0.39, 0.29) is 36.5 Å². The molecule has 1 heterocycles. The number of carbonyl (C=O) groups excluding carboxylic acids is 3. The number of aryl methyl sites for hydroxylation is 1. The van der Waals surface area contributed by atoms with Crippen molar-refractivity contribution in [2.24, 2.45) is 5.92 Å². The van der Waals surface area contributed by atoms with E-state index in [4.69, 9.17) is 4.74 Å². The minimum Gasteiger partial charge on any atom is -0.381 e. The zero-order valence-corrected chi connectivity index (χ0v) is 19.0. The van der Waals surface area contributed by atoms with E-state index >= 15 is 0 Å². The second-order valence-corrected chi connectivity index (χ2v) is 8.18. The standard InChI is InChI=1S/C24H37N3O4/c1-3-4-17-31-18-5-14-25-24(30)20-12-15-27(16-13-20)23(29)11-10-22(28)26-21-8-6-19(2)7-9-21/h6-9,20H,3-5,10-18H2,1-2H3,(H,25,30)(H,26,28). The van der Waals surface area contributed by atoms with Gasteiger partial charge in [-0.05, 0) is 44.7 Å². The normalized spacial score (nSPS) is 14.3. The second kappa shape index (κ2) is 13.8. The summed E-state index contributed by atoms with van der Waals surface area (Å²) in [5, 5.41) is 5.80. The Morgan fingerprint density at radius 3 is 2.39 bits per heavy atom. The van der Waals surface area contributed by atoms with Crippen LogP contribution in [0.15, 0.2) is 24.3 Å². The van der Waals surface area contributed by atoms with Gasteiger partial charge in [0.15, 0.2) is 0 Å². The van der Waals surface area contributed by atoms with E-state index in [0.717, 1.165) is 37.1 Å². The number of likely N-dealkylation sites (tertiary alicyclic amines) is 1. The Morgan fingerprint density at radius 2 is 1.71 bits per heavy atom. The van der Waals surface area contributed by atoms with Gasteiger partial charge >= 0.3 is 0 Å². The van der Waals surface area contributed by atoms with Gasteiger partial charge < -0.3 is 20.3 Å². The molecule has 0 radical (unpaired) electrons. The van der Waals surface area contributed by atoms with Gasteiger partial charge in [0.05, 0.1) is 0 Å². The number of hydrogen-bond donors (Lipinski definition) is 2. The molecule has 3 amide bonds. The monoisotopic (exact) mass is 431 g/mol. The van der Waals surface area contributed by atoms with Crippen molar-refractivity contribution < 1.29 is 19.1 Å². The van der Waals surface area contributed by atoms with Crippen LogP contribution in [0.5, 0.6) is 0 Å². The molecule has 1 aliphatic rings. The zero-order valence-electron chi connectivity index (χ0n) is 19.0. The molecule has 7 heteroatoms. The topological polar surface area (TPSA) is 87.7 Å². The first-order valence-electron chi connectivity index (χ1n) is 11.5. The Bertz CT molecular complexity index is 697. The first-order valence-corrected chi connectivity index (χ1v) is 11.5. The van der Waals surface area contributed by atoms with Crippen molar-refractivity contribution >= 4 is 23.4 Å². The Labute approximate surface area is 185 Å². The molecule has 31 heavy (non-hydrogen) atoms. The van der Waals surface area contributed by atoms with Crippen LogP contribution in [-0.4, -0.2) is 55.5 Å². The predicted molar refractivity (Wildman–Crippen MR) is 122 cm³/mol. The summed E-state index contributed by atoms with van der Waals surface area (Å²) in [4.78, 5) is 38.6. The minimum absolute atomic E-state index is 0.0258. The average Bonchev–Trinajstić information content (AvgIpc) is 2.78. The first-order chi connectivity index (χ1) is 15.0. The lowest BCUT2D eigenvalue weighted by atomic mass is 9.95. The molecule has 1 aromatic rings. The molecule has 1 aromatic carbocycles. The van der Waals surface area contributed by atoms with E-state index in [1.165, 1.54) is 0 Å². The molecule has 0 saturated carbocycles. The number of piperidine rings is 1. The van der Waals surface area contributed by atoms with E-state index in [1.54, 1.807) is 4.90 Å². The number of unbranched alkanes of at least 4 members (excludes halogenated alkanes) is 1. The maximum absolute atomic E-state index is 12.4. The summed E-state index contributed by atoms with van der Waals surface area (Å²) in [6.07, 6.45) is 4.69. The van der Waals surface area contributed by atoms with E-state index in [9.17, 15) is 14.4 Å². The summed E-state index contributed by atoms with van der Waals surface area (Å²) < 4.78 is 5.50. The minimum atomic E-state index is -0.162. The average molecular weight is 432 g/mol. The molecular formula is C24H37N3O4. The molecule has 0 bridgehead atoms. The van der Waals surface area contributed by atoms with Gasteiger partial charge in [-0.1, -0.05) is 31.0 Å². The lowest BCUT2D eigenvalue weighted by Gasteiger charge is -2.31. The summed E-state index contributed by atoms with van der Waals surface area (Å²) in [6, 6.07) is 7.57. The van der Waals surface area contributed by atoms with Gasteiger partial charge in [-0.25, -0.2) is 0 Å². The fraction of sp³-hybridized carbons (Fsp3) is 0.625. The van der Waals surface area contributed by atoms with Crippen molar-refractivity contribution in [1.82, 2.24) is 10.2 Å². The van der Waals surface area contributed by atoms with Crippen LogP contribution in [0.4, 0.5) is 5.69 Å². The van der Waals surface area contributed by atoms with E-state index in [0.29, 0.717) is 39.1 Å². The van der Waals surface area contributed by atoms with E-state index in [1.807, 2.05) is 31.2 Å². The highest BCUT2D eigenvalue weighted by atomic mass is 16.5. The van der Waals surface area contributed by atoms with E-state index in [2.05, 4.69) is 17.6 Å².